The largest absolute Gasteiger partial charge is 0.464 e. The smallest absolute Gasteiger partial charge is 0.411 e. The SMILES string of the molecule is CCOC(=O)C1C2CCNC2CN1C(=O)OC(C)(C)C. The lowest BCUT2D eigenvalue weighted by Crippen LogP contribution is -2.46. The van der Waals surface area contributed by atoms with E-state index in [1.165, 1.54) is 4.90 Å². The Balaban J connectivity index is 2.13. The van der Waals surface area contributed by atoms with Crippen molar-refractivity contribution < 1.29 is 19.1 Å². The van der Waals surface area contributed by atoms with E-state index in [0.717, 1.165) is 13.0 Å². The quantitative estimate of drug-likeness (QED) is 0.770. The third kappa shape index (κ3) is 3.06. The van der Waals surface area contributed by atoms with Gasteiger partial charge < -0.3 is 14.8 Å². The Morgan fingerprint density at radius 1 is 1.35 bits per heavy atom. The van der Waals surface area contributed by atoms with Crippen LogP contribution in [0.1, 0.15) is 34.1 Å². The molecule has 1 N–H and O–H groups in total. The van der Waals surface area contributed by atoms with Gasteiger partial charge in [0.05, 0.1) is 6.61 Å². The molecule has 0 saturated carbocycles. The molecule has 2 aliphatic rings. The number of likely N-dealkylation sites (tertiary alicyclic amines) is 1. The minimum absolute atomic E-state index is 0.126. The summed E-state index contributed by atoms with van der Waals surface area (Å²) >= 11 is 0. The summed E-state index contributed by atoms with van der Waals surface area (Å²) in [4.78, 5) is 26.0. The number of fused-ring (bicyclic) bond motifs is 1. The van der Waals surface area contributed by atoms with Crippen LogP contribution in [0.3, 0.4) is 0 Å². The van der Waals surface area contributed by atoms with Crippen molar-refractivity contribution in [2.45, 2.75) is 51.8 Å². The van der Waals surface area contributed by atoms with Gasteiger partial charge in [-0.1, -0.05) is 0 Å². The van der Waals surface area contributed by atoms with Crippen LogP contribution in [0, 0.1) is 5.92 Å². The molecule has 3 unspecified atom stereocenters. The summed E-state index contributed by atoms with van der Waals surface area (Å²) in [6.45, 7) is 8.94. The first kappa shape index (κ1) is 15.1. The molecular weight excluding hydrogens is 260 g/mol. The second-order valence-corrected chi connectivity index (χ2v) is 6.34. The predicted octanol–water partition coefficient (Wildman–Crippen LogP) is 1.15. The van der Waals surface area contributed by atoms with E-state index in [1.54, 1.807) is 6.92 Å². The van der Waals surface area contributed by atoms with Crippen molar-refractivity contribution in [2.24, 2.45) is 5.92 Å². The van der Waals surface area contributed by atoms with Gasteiger partial charge in [-0.3, -0.25) is 4.90 Å². The first-order chi connectivity index (χ1) is 9.33. The van der Waals surface area contributed by atoms with Crippen molar-refractivity contribution >= 4 is 12.1 Å². The number of nitrogens with zero attached hydrogens (tertiary/aromatic N) is 1. The van der Waals surface area contributed by atoms with E-state index in [-0.39, 0.29) is 17.9 Å². The molecule has 3 atom stereocenters. The zero-order valence-electron chi connectivity index (χ0n) is 12.6. The lowest BCUT2D eigenvalue weighted by molar-refractivity contribution is -0.149. The fourth-order valence-electron chi connectivity index (χ4n) is 2.96. The van der Waals surface area contributed by atoms with Crippen molar-refractivity contribution in [3.05, 3.63) is 0 Å². The third-order valence-corrected chi connectivity index (χ3v) is 3.69. The van der Waals surface area contributed by atoms with E-state index in [1.807, 2.05) is 20.8 Å². The molecule has 2 rings (SSSR count). The summed E-state index contributed by atoms with van der Waals surface area (Å²) in [5.74, 6) is -0.198. The van der Waals surface area contributed by atoms with Crippen LogP contribution in [-0.4, -0.2) is 54.3 Å². The number of hydrogen-bond acceptors (Lipinski definition) is 5. The van der Waals surface area contributed by atoms with Gasteiger partial charge in [0.2, 0.25) is 0 Å². The molecule has 2 aliphatic heterocycles. The van der Waals surface area contributed by atoms with E-state index in [4.69, 9.17) is 9.47 Å². The molecule has 0 radical (unpaired) electrons. The van der Waals surface area contributed by atoms with Crippen molar-refractivity contribution in [1.82, 2.24) is 10.2 Å². The van der Waals surface area contributed by atoms with Crippen molar-refractivity contribution in [1.29, 1.82) is 0 Å². The van der Waals surface area contributed by atoms with E-state index >= 15 is 0 Å². The number of nitrogens with one attached hydrogen (secondary N) is 1. The number of hydrogen-bond donors (Lipinski definition) is 1. The first-order valence-corrected chi connectivity index (χ1v) is 7.23. The van der Waals surface area contributed by atoms with E-state index < -0.39 is 17.7 Å². The van der Waals surface area contributed by atoms with Crippen LogP contribution in [0.2, 0.25) is 0 Å². The topological polar surface area (TPSA) is 67.9 Å². The van der Waals surface area contributed by atoms with Crippen LogP contribution >= 0.6 is 0 Å². The molecule has 0 aromatic heterocycles. The Morgan fingerprint density at radius 3 is 2.65 bits per heavy atom. The Labute approximate surface area is 119 Å². The van der Waals surface area contributed by atoms with Crippen molar-refractivity contribution in [3.63, 3.8) is 0 Å². The van der Waals surface area contributed by atoms with E-state index in [9.17, 15) is 9.59 Å². The zero-order chi connectivity index (χ0) is 14.9. The van der Waals surface area contributed by atoms with Gasteiger partial charge in [-0.15, -0.1) is 0 Å². The molecule has 0 aliphatic carbocycles. The molecule has 2 saturated heterocycles. The highest BCUT2D eigenvalue weighted by molar-refractivity contribution is 5.83. The van der Waals surface area contributed by atoms with Gasteiger partial charge in [0.15, 0.2) is 0 Å². The minimum atomic E-state index is -0.568. The molecule has 0 aromatic rings. The Hall–Kier alpha value is -1.30. The zero-order valence-corrected chi connectivity index (χ0v) is 12.6. The standard InChI is InChI=1S/C14H24N2O4/c1-5-19-12(17)11-9-6-7-15-10(9)8-16(11)13(18)20-14(2,3)4/h9-11,15H,5-8H2,1-4H3. The highest BCUT2D eigenvalue weighted by Gasteiger charge is 2.51. The third-order valence-electron chi connectivity index (χ3n) is 3.69. The number of carbonyl (C=O) groups is 2. The second-order valence-electron chi connectivity index (χ2n) is 6.34. The van der Waals surface area contributed by atoms with Gasteiger partial charge in [-0.2, -0.15) is 0 Å². The van der Waals surface area contributed by atoms with Gasteiger partial charge >= 0.3 is 12.1 Å². The average Bonchev–Trinajstić information content (AvgIpc) is 2.85. The summed E-state index contributed by atoms with van der Waals surface area (Å²) in [7, 11) is 0. The van der Waals surface area contributed by atoms with Crippen LogP contribution in [0.4, 0.5) is 4.79 Å². The fraction of sp³-hybridized carbons (Fsp3) is 0.857. The summed E-state index contributed by atoms with van der Waals surface area (Å²) in [5.41, 5.74) is -0.568. The molecule has 0 bridgehead atoms. The monoisotopic (exact) mass is 284 g/mol. The highest BCUT2D eigenvalue weighted by Crippen LogP contribution is 2.33. The molecule has 0 spiro atoms. The molecule has 114 valence electrons. The van der Waals surface area contributed by atoms with Gasteiger partial charge in [-0.25, -0.2) is 9.59 Å². The number of esters is 1. The molecule has 2 heterocycles. The van der Waals surface area contributed by atoms with Gasteiger partial charge in [0, 0.05) is 18.5 Å². The second kappa shape index (κ2) is 5.60. The predicted molar refractivity (Wildman–Crippen MR) is 73.3 cm³/mol. The van der Waals surface area contributed by atoms with E-state index in [0.29, 0.717) is 13.2 Å². The number of rotatable bonds is 2. The highest BCUT2D eigenvalue weighted by atomic mass is 16.6. The Kier molecular flexibility index (Phi) is 4.22. The number of amides is 1. The molecule has 2 fully saturated rings. The van der Waals surface area contributed by atoms with Crippen molar-refractivity contribution in [3.8, 4) is 0 Å². The van der Waals surface area contributed by atoms with Crippen LogP contribution in [0.5, 0.6) is 0 Å². The fourth-order valence-corrected chi connectivity index (χ4v) is 2.96. The summed E-state index contributed by atoms with van der Waals surface area (Å²) in [6, 6.07) is -0.360. The molecular formula is C14H24N2O4. The van der Waals surface area contributed by atoms with E-state index in [2.05, 4.69) is 5.32 Å². The Bertz CT molecular complexity index is 391. The summed E-state index contributed by atoms with van der Waals surface area (Å²) in [5, 5.41) is 3.34. The normalized spacial score (nSPS) is 29.2. The Morgan fingerprint density at radius 2 is 2.05 bits per heavy atom. The maximum atomic E-state index is 12.3. The van der Waals surface area contributed by atoms with Crippen LogP contribution in [0.25, 0.3) is 0 Å². The molecule has 6 heteroatoms. The van der Waals surface area contributed by atoms with Crippen LogP contribution in [0.15, 0.2) is 0 Å². The maximum absolute atomic E-state index is 12.3. The van der Waals surface area contributed by atoms with Gasteiger partial charge in [0.1, 0.15) is 11.6 Å². The molecule has 0 aromatic carbocycles. The maximum Gasteiger partial charge on any atom is 0.411 e. The summed E-state index contributed by atoms with van der Waals surface area (Å²) < 4.78 is 10.5. The number of ether oxygens (including phenoxy) is 2. The van der Waals surface area contributed by atoms with Crippen LogP contribution < -0.4 is 5.32 Å². The van der Waals surface area contributed by atoms with Gasteiger partial charge in [0.25, 0.3) is 0 Å². The lowest BCUT2D eigenvalue weighted by Gasteiger charge is -2.29. The van der Waals surface area contributed by atoms with Crippen molar-refractivity contribution in [2.75, 3.05) is 19.7 Å². The van der Waals surface area contributed by atoms with Crippen LogP contribution in [-0.2, 0) is 14.3 Å². The summed E-state index contributed by atoms with van der Waals surface area (Å²) in [6.07, 6.45) is 0.444. The molecule has 6 nitrogen and oxygen atoms in total. The molecule has 1 amide bonds. The average molecular weight is 284 g/mol. The molecule has 20 heavy (non-hydrogen) atoms. The lowest BCUT2D eigenvalue weighted by atomic mass is 9.97. The first-order valence-electron chi connectivity index (χ1n) is 7.23. The number of carbonyl (C=O) groups excluding carboxylic acids is 2. The van der Waals surface area contributed by atoms with Gasteiger partial charge in [-0.05, 0) is 40.7 Å². The minimum Gasteiger partial charge on any atom is -0.464 e.